The molecule has 2 rings (SSSR count). The lowest BCUT2D eigenvalue weighted by Crippen LogP contribution is -2.26. The van der Waals surface area contributed by atoms with Gasteiger partial charge in [0.1, 0.15) is 12.2 Å². The quantitative estimate of drug-likeness (QED) is 0.754. The van der Waals surface area contributed by atoms with E-state index in [2.05, 4.69) is 15.1 Å². The van der Waals surface area contributed by atoms with E-state index < -0.39 is 0 Å². The molecule has 0 bridgehead atoms. The molecule has 0 spiro atoms. The second-order valence-electron chi connectivity index (χ2n) is 4.78. The average molecular weight is 238 g/mol. The van der Waals surface area contributed by atoms with Crippen LogP contribution >= 0.6 is 0 Å². The summed E-state index contributed by atoms with van der Waals surface area (Å²) in [6.45, 7) is 2.58. The number of hydrogen-bond donors (Lipinski definition) is 1. The third-order valence-electron chi connectivity index (χ3n) is 3.51. The Morgan fingerprint density at radius 2 is 2.29 bits per heavy atom. The molecule has 1 atom stereocenters. The standard InChI is InChI=1S/C12H22N4O/c1-15-10-13-14-12(15)11-6-5-8-16(11)7-3-2-4-9-17/h10-11,17H,2-9H2,1H3. The van der Waals surface area contributed by atoms with Gasteiger partial charge in [-0.05, 0) is 45.2 Å². The Hall–Kier alpha value is -0.940. The number of nitrogens with zero attached hydrogens (tertiary/aromatic N) is 4. The van der Waals surface area contributed by atoms with Gasteiger partial charge in [-0.25, -0.2) is 0 Å². The van der Waals surface area contributed by atoms with Crippen LogP contribution in [0.5, 0.6) is 0 Å². The summed E-state index contributed by atoms with van der Waals surface area (Å²) in [7, 11) is 2.01. The molecule has 17 heavy (non-hydrogen) atoms. The maximum absolute atomic E-state index is 8.76. The zero-order valence-electron chi connectivity index (χ0n) is 10.5. The number of aromatic nitrogens is 3. The summed E-state index contributed by atoms with van der Waals surface area (Å²) in [6, 6.07) is 0.441. The highest BCUT2D eigenvalue weighted by Gasteiger charge is 2.28. The first-order valence-corrected chi connectivity index (χ1v) is 6.51. The van der Waals surface area contributed by atoms with Gasteiger partial charge in [-0.15, -0.1) is 10.2 Å². The highest BCUT2D eigenvalue weighted by Crippen LogP contribution is 2.30. The Kier molecular flexibility index (Phi) is 4.50. The van der Waals surface area contributed by atoms with E-state index in [0.717, 1.165) is 38.2 Å². The first-order chi connectivity index (χ1) is 8.33. The van der Waals surface area contributed by atoms with Crippen molar-refractivity contribution >= 4 is 0 Å². The van der Waals surface area contributed by atoms with Gasteiger partial charge >= 0.3 is 0 Å². The number of aliphatic hydroxyl groups excluding tert-OH is 1. The molecule has 0 aromatic carbocycles. The summed E-state index contributed by atoms with van der Waals surface area (Å²) in [4.78, 5) is 2.50. The second kappa shape index (κ2) is 6.12. The van der Waals surface area contributed by atoms with Gasteiger partial charge in [0.15, 0.2) is 0 Å². The molecule has 1 N–H and O–H groups in total. The summed E-state index contributed by atoms with van der Waals surface area (Å²) >= 11 is 0. The third-order valence-corrected chi connectivity index (χ3v) is 3.51. The molecule has 1 unspecified atom stereocenters. The van der Waals surface area contributed by atoms with E-state index in [-0.39, 0.29) is 0 Å². The molecular weight excluding hydrogens is 216 g/mol. The van der Waals surface area contributed by atoms with Crippen molar-refractivity contribution in [1.29, 1.82) is 0 Å². The average Bonchev–Trinajstić information content (AvgIpc) is 2.93. The monoisotopic (exact) mass is 238 g/mol. The predicted molar refractivity (Wildman–Crippen MR) is 65.5 cm³/mol. The third kappa shape index (κ3) is 3.04. The molecule has 1 aliphatic rings. The van der Waals surface area contributed by atoms with Crippen molar-refractivity contribution in [2.45, 2.75) is 38.1 Å². The number of hydrogen-bond acceptors (Lipinski definition) is 4. The van der Waals surface area contributed by atoms with Crippen LogP contribution < -0.4 is 0 Å². The van der Waals surface area contributed by atoms with Crippen LogP contribution in [-0.2, 0) is 7.05 Å². The van der Waals surface area contributed by atoms with Crippen molar-refractivity contribution in [3.05, 3.63) is 12.2 Å². The summed E-state index contributed by atoms with van der Waals surface area (Å²) in [5.41, 5.74) is 0. The molecule has 96 valence electrons. The Morgan fingerprint density at radius 3 is 3.00 bits per heavy atom. The first kappa shape index (κ1) is 12.5. The molecular formula is C12H22N4O. The van der Waals surface area contributed by atoms with Crippen LogP contribution in [0.2, 0.25) is 0 Å². The van der Waals surface area contributed by atoms with Crippen LogP contribution in [0.1, 0.15) is 44.0 Å². The Labute approximate surface area is 102 Å². The first-order valence-electron chi connectivity index (χ1n) is 6.51. The topological polar surface area (TPSA) is 54.2 Å². The summed E-state index contributed by atoms with van der Waals surface area (Å²) in [5, 5.41) is 16.9. The number of aliphatic hydroxyl groups is 1. The van der Waals surface area contributed by atoms with Gasteiger partial charge in [-0.3, -0.25) is 4.90 Å². The predicted octanol–water partition coefficient (Wildman–Crippen LogP) is 1.11. The molecule has 0 saturated carbocycles. The molecule has 1 aliphatic heterocycles. The Balaban J connectivity index is 1.87. The van der Waals surface area contributed by atoms with E-state index in [1.165, 1.54) is 12.8 Å². The van der Waals surface area contributed by atoms with Crippen molar-refractivity contribution < 1.29 is 5.11 Å². The second-order valence-corrected chi connectivity index (χ2v) is 4.78. The highest BCUT2D eigenvalue weighted by atomic mass is 16.2. The minimum Gasteiger partial charge on any atom is -0.396 e. The summed E-state index contributed by atoms with van der Waals surface area (Å²) in [6.07, 6.45) is 7.40. The molecule has 0 radical (unpaired) electrons. The van der Waals surface area contributed by atoms with Crippen LogP contribution in [0.4, 0.5) is 0 Å². The molecule has 5 nitrogen and oxygen atoms in total. The molecule has 0 aliphatic carbocycles. The molecule has 1 aromatic rings. The minimum absolute atomic E-state index is 0.312. The van der Waals surface area contributed by atoms with Crippen LogP contribution in [0.15, 0.2) is 6.33 Å². The molecule has 1 aromatic heterocycles. The van der Waals surface area contributed by atoms with E-state index >= 15 is 0 Å². The van der Waals surface area contributed by atoms with E-state index in [1.54, 1.807) is 6.33 Å². The van der Waals surface area contributed by atoms with Crippen LogP contribution in [-0.4, -0.2) is 44.5 Å². The fourth-order valence-electron chi connectivity index (χ4n) is 2.58. The molecule has 1 saturated heterocycles. The maximum atomic E-state index is 8.76. The number of likely N-dealkylation sites (tertiary alicyclic amines) is 1. The lowest BCUT2D eigenvalue weighted by atomic mass is 10.2. The van der Waals surface area contributed by atoms with E-state index in [1.807, 2.05) is 11.6 Å². The van der Waals surface area contributed by atoms with Crippen molar-refractivity contribution in [3.63, 3.8) is 0 Å². The van der Waals surface area contributed by atoms with Crippen LogP contribution in [0, 0.1) is 0 Å². The minimum atomic E-state index is 0.312. The summed E-state index contributed by atoms with van der Waals surface area (Å²) < 4.78 is 2.02. The number of unbranched alkanes of at least 4 members (excludes halogenated alkanes) is 2. The molecule has 1 fully saturated rings. The van der Waals surface area contributed by atoms with Gasteiger partial charge in [-0.1, -0.05) is 0 Å². The van der Waals surface area contributed by atoms with Gasteiger partial charge in [0, 0.05) is 13.7 Å². The highest BCUT2D eigenvalue weighted by molar-refractivity contribution is 4.98. The van der Waals surface area contributed by atoms with Gasteiger partial charge in [0.2, 0.25) is 0 Å². The van der Waals surface area contributed by atoms with Crippen LogP contribution in [0.25, 0.3) is 0 Å². The van der Waals surface area contributed by atoms with Crippen LogP contribution in [0.3, 0.4) is 0 Å². The fraction of sp³-hybridized carbons (Fsp3) is 0.833. The molecule has 5 heteroatoms. The number of aryl methyl sites for hydroxylation is 1. The fourth-order valence-corrected chi connectivity index (χ4v) is 2.58. The lowest BCUT2D eigenvalue weighted by molar-refractivity contribution is 0.231. The number of rotatable bonds is 6. The Bertz CT molecular complexity index is 339. The van der Waals surface area contributed by atoms with Gasteiger partial charge in [0.25, 0.3) is 0 Å². The zero-order chi connectivity index (χ0) is 12.1. The zero-order valence-corrected chi connectivity index (χ0v) is 10.5. The normalized spacial score (nSPS) is 21.2. The lowest BCUT2D eigenvalue weighted by Gasteiger charge is -2.23. The Morgan fingerprint density at radius 1 is 1.41 bits per heavy atom. The van der Waals surface area contributed by atoms with Gasteiger partial charge in [-0.2, -0.15) is 0 Å². The van der Waals surface area contributed by atoms with Crippen molar-refractivity contribution in [2.24, 2.45) is 7.05 Å². The van der Waals surface area contributed by atoms with Gasteiger partial charge < -0.3 is 9.67 Å². The van der Waals surface area contributed by atoms with E-state index in [0.29, 0.717) is 12.6 Å². The smallest absolute Gasteiger partial charge is 0.149 e. The van der Waals surface area contributed by atoms with Gasteiger partial charge in [0.05, 0.1) is 6.04 Å². The van der Waals surface area contributed by atoms with E-state index in [9.17, 15) is 0 Å². The largest absolute Gasteiger partial charge is 0.396 e. The SMILES string of the molecule is Cn1cnnc1C1CCCN1CCCCCO. The van der Waals surface area contributed by atoms with Crippen molar-refractivity contribution in [1.82, 2.24) is 19.7 Å². The summed E-state index contributed by atoms with van der Waals surface area (Å²) in [5.74, 6) is 1.09. The maximum Gasteiger partial charge on any atom is 0.149 e. The van der Waals surface area contributed by atoms with Crippen molar-refractivity contribution in [3.8, 4) is 0 Å². The molecule has 2 heterocycles. The molecule has 0 amide bonds. The van der Waals surface area contributed by atoms with Crippen molar-refractivity contribution in [2.75, 3.05) is 19.7 Å². The van der Waals surface area contributed by atoms with E-state index in [4.69, 9.17) is 5.11 Å².